The Bertz CT molecular complexity index is 211. The van der Waals surface area contributed by atoms with Gasteiger partial charge in [-0.25, -0.2) is 0 Å². The van der Waals surface area contributed by atoms with Crippen molar-refractivity contribution in [3.63, 3.8) is 0 Å². The highest BCUT2D eigenvalue weighted by molar-refractivity contribution is 4.96. The zero-order chi connectivity index (χ0) is 10.8. The van der Waals surface area contributed by atoms with Gasteiger partial charge in [0.15, 0.2) is 0 Å². The highest BCUT2D eigenvalue weighted by atomic mass is 16.3. The van der Waals surface area contributed by atoms with Gasteiger partial charge in [0.05, 0.1) is 5.60 Å². The topological polar surface area (TPSA) is 35.5 Å². The standard InChI is InChI=1S/C11H22N2O/c1-5-6-13-9-11(4,14)8-12-7-10(13,2)3/h5,12,14H,1,6-9H2,2-4H3. The Kier molecular flexibility index (Phi) is 3.35. The van der Waals surface area contributed by atoms with Crippen LogP contribution >= 0.6 is 0 Å². The summed E-state index contributed by atoms with van der Waals surface area (Å²) in [6, 6.07) is 0. The van der Waals surface area contributed by atoms with Gasteiger partial charge in [-0.3, -0.25) is 4.90 Å². The largest absolute Gasteiger partial charge is 0.388 e. The Morgan fingerprint density at radius 1 is 1.43 bits per heavy atom. The average molecular weight is 198 g/mol. The van der Waals surface area contributed by atoms with Gasteiger partial charge in [-0.05, 0) is 20.8 Å². The minimum Gasteiger partial charge on any atom is -0.388 e. The fourth-order valence-corrected chi connectivity index (χ4v) is 1.90. The minimum absolute atomic E-state index is 0.0781. The van der Waals surface area contributed by atoms with Crippen LogP contribution in [0.1, 0.15) is 20.8 Å². The molecule has 1 unspecified atom stereocenters. The lowest BCUT2D eigenvalue weighted by molar-refractivity contribution is 0.0154. The molecule has 0 aromatic rings. The van der Waals surface area contributed by atoms with E-state index in [1.165, 1.54) is 0 Å². The van der Waals surface area contributed by atoms with E-state index in [0.717, 1.165) is 13.1 Å². The van der Waals surface area contributed by atoms with Crippen LogP contribution in [0.4, 0.5) is 0 Å². The smallest absolute Gasteiger partial charge is 0.0870 e. The molecule has 82 valence electrons. The van der Waals surface area contributed by atoms with Crippen LogP contribution in [0.2, 0.25) is 0 Å². The molecular weight excluding hydrogens is 176 g/mol. The van der Waals surface area contributed by atoms with Gasteiger partial charge in [0.1, 0.15) is 0 Å². The Hall–Kier alpha value is -0.380. The normalized spacial score (nSPS) is 33.7. The fraction of sp³-hybridized carbons (Fsp3) is 0.818. The fourth-order valence-electron chi connectivity index (χ4n) is 1.90. The zero-order valence-electron chi connectivity index (χ0n) is 9.51. The Labute approximate surface area is 86.8 Å². The molecule has 1 atom stereocenters. The average Bonchev–Trinajstić information content (AvgIpc) is 2.10. The molecule has 1 aliphatic rings. The second kappa shape index (κ2) is 4.01. The third kappa shape index (κ3) is 2.80. The Balaban J connectivity index is 2.77. The highest BCUT2D eigenvalue weighted by Crippen LogP contribution is 2.20. The van der Waals surface area contributed by atoms with Crippen LogP contribution < -0.4 is 5.32 Å². The third-order valence-corrected chi connectivity index (χ3v) is 2.80. The maximum Gasteiger partial charge on any atom is 0.0870 e. The second-order valence-corrected chi connectivity index (χ2v) is 5.08. The van der Waals surface area contributed by atoms with Gasteiger partial charge in [0.25, 0.3) is 0 Å². The van der Waals surface area contributed by atoms with Crippen molar-refractivity contribution in [3.8, 4) is 0 Å². The molecule has 0 spiro atoms. The van der Waals surface area contributed by atoms with E-state index in [9.17, 15) is 5.11 Å². The molecule has 0 aromatic carbocycles. The maximum absolute atomic E-state index is 10.0. The van der Waals surface area contributed by atoms with Crippen molar-refractivity contribution in [1.82, 2.24) is 10.2 Å². The van der Waals surface area contributed by atoms with Gasteiger partial charge in [-0.1, -0.05) is 6.08 Å². The lowest BCUT2D eigenvalue weighted by Crippen LogP contribution is -2.50. The minimum atomic E-state index is -0.642. The number of rotatable bonds is 2. The molecule has 3 heteroatoms. The van der Waals surface area contributed by atoms with Crippen molar-refractivity contribution < 1.29 is 5.11 Å². The van der Waals surface area contributed by atoms with Crippen LogP contribution in [-0.4, -0.2) is 47.3 Å². The Morgan fingerprint density at radius 3 is 2.64 bits per heavy atom. The summed E-state index contributed by atoms with van der Waals surface area (Å²) in [4.78, 5) is 2.26. The quantitative estimate of drug-likeness (QED) is 0.638. The number of hydrogen-bond acceptors (Lipinski definition) is 3. The number of nitrogens with zero attached hydrogens (tertiary/aromatic N) is 1. The highest BCUT2D eigenvalue weighted by Gasteiger charge is 2.35. The molecule has 3 nitrogen and oxygen atoms in total. The first-order chi connectivity index (χ1) is 6.37. The molecule has 1 heterocycles. The van der Waals surface area contributed by atoms with E-state index >= 15 is 0 Å². The molecule has 1 fully saturated rings. The second-order valence-electron chi connectivity index (χ2n) is 5.08. The summed E-state index contributed by atoms with van der Waals surface area (Å²) in [5.41, 5.74) is -0.564. The maximum atomic E-state index is 10.0. The monoisotopic (exact) mass is 198 g/mol. The predicted octanol–water partition coefficient (Wildman–Crippen LogP) is 0.607. The van der Waals surface area contributed by atoms with Crippen LogP contribution in [-0.2, 0) is 0 Å². The molecule has 1 aliphatic heterocycles. The summed E-state index contributed by atoms with van der Waals surface area (Å²) in [6.07, 6.45) is 1.89. The lowest BCUT2D eigenvalue weighted by atomic mass is 10.0. The zero-order valence-corrected chi connectivity index (χ0v) is 9.51. The first-order valence-corrected chi connectivity index (χ1v) is 5.16. The Morgan fingerprint density at radius 2 is 2.07 bits per heavy atom. The van der Waals surface area contributed by atoms with E-state index < -0.39 is 5.60 Å². The summed E-state index contributed by atoms with van der Waals surface area (Å²) in [5.74, 6) is 0. The molecule has 0 aliphatic carbocycles. The molecule has 0 bridgehead atoms. The summed E-state index contributed by atoms with van der Waals surface area (Å²) in [7, 11) is 0. The molecule has 2 N–H and O–H groups in total. The summed E-state index contributed by atoms with van der Waals surface area (Å²) in [5, 5.41) is 13.3. The van der Waals surface area contributed by atoms with Crippen LogP contribution in [0.25, 0.3) is 0 Å². The van der Waals surface area contributed by atoms with Crippen molar-refractivity contribution in [2.75, 3.05) is 26.2 Å². The van der Waals surface area contributed by atoms with E-state index in [1.807, 2.05) is 13.0 Å². The molecule has 0 saturated carbocycles. The lowest BCUT2D eigenvalue weighted by Gasteiger charge is -2.38. The third-order valence-electron chi connectivity index (χ3n) is 2.80. The molecule has 0 amide bonds. The number of β-amino-alcohol motifs (C(OH)–C–C–N with tert-alkyl or cyclic N) is 1. The van der Waals surface area contributed by atoms with Crippen molar-refractivity contribution in [2.24, 2.45) is 0 Å². The SMILES string of the molecule is C=CCN1CC(C)(O)CNCC1(C)C. The van der Waals surface area contributed by atoms with Crippen LogP contribution in [0.15, 0.2) is 12.7 Å². The van der Waals surface area contributed by atoms with Crippen LogP contribution in [0.3, 0.4) is 0 Å². The number of hydrogen-bond donors (Lipinski definition) is 2. The van der Waals surface area contributed by atoms with Gasteiger partial charge in [0, 0.05) is 31.7 Å². The molecule has 1 rings (SSSR count). The molecule has 0 radical (unpaired) electrons. The van der Waals surface area contributed by atoms with E-state index in [-0.39, 0.29) is 5.54 Å². The van der Waals surface area contributed by atoms with Crippen molar-refractivity contribution in [1.29, 1.82) is 0 Å². The number of aliphatic hydroxyl groups is 1. The first kappa shape index (κ1) is 11.7. The molecule has 0 aromatic heterocycles. The van der Waals surface area contributed by atoms with E-state index in [4.69, 9.17) is 0 Å². The molecule has 14 heavy (non-hydrogen) atoms. The van der Waals surface area contributed by atoms with Gasteiger partial charge in [-0.2, -0.15) is 0 Å². The molecular formula is C11H22N2O. The molecule has 1 saturated heterocycles. The number of nitrogens with one attached hydrogen (secondary N) is 1. The van der Waals surface area contributed by atoms with Crippen molar-refractivity contribution >= 4 is 0 Å². The van der Waals surface area contributed by atoms with E-state index in [0.29, 0.717) is 13.1 Å². The van der Waals surface area contributed by atoms with Crippen molar-refractivity contribution in [2.45, 2.75) is 31.9 Å². The van der Waals surface area contributed by atoms with Gasteiger partial charge in [0.2, 0.25) is 0 Å². The van der Waals surface area contributed by atoms with Gasteiger partial charge >= 0.3 is 0 Å². The summed E-state index contributed by atoms with van der Waals surface area (Å²) >= 11 is 0. The van der Waals surface area contributed by atoms with Gasteiger partial charge in [-0.15, -0.1) is 6.58 Å². The van der Waals surface area contributed by atoms with Crippen molar-refractivity contribution in [3.05, 3.63) is 12.7 Å². The van der Waals surface area contributed by atoms with Crippen LogP contribution in [0.5, 0.6) is 0 Å². The van der Waals surface area contributed by atoms with Gasteiger partial charge < -0.3 is 10.4 Å². The van der Waals surface area contributed by atoms with E-state index in [1.54, 1.807) is 0 Å². The van der Waals surface area contributed by atoms with E-state index in [2.05, 4.69) is 30.6 Å². The predicted molar refractivity (Wildman–Crippen MR) is 59.3 cm³/mol. The van der Waals surface area contributed by atoms with Crippen LogP contribution in [0, 0.1) is 0 Å². The first-order valence-electron chi connectivity index (χ1n) is 5.16. The summed E-state index contributed by atoms with van der Waals surface area (Å²) < 4.78 is 0. The summed E-state index contributed by atoms with van der Waals surface area (Å²) in [6.45, 7) is 13.1.